The lowest BCUT2D eigenvalue weighted by molar-refractivity contribution is -0.127. The summed E-state index contributed by atoms with van der Waals surface area (Å²) in [7, 11) is 0. The van der Waals surface area contributed by atoms with Crippen molar-refractivity contribution in [3.8, 4) is 11.4 Å². The molecule has 150 valence electrons. The van der Waals surface area contributed by atoms with Crippen LogP contribution >= 0.6 is 11.8 Å². The molecule has 2 amide bonds. The molecule has 1 aliphatic rings. The number of likely N-dealkylation sites (tertiary alicyclic amines) is 1. The lowest BCUT2D eigenvalue weighted by atomic mass is 10.1. The molecule has 0 spiro atoms. The van der Waals surface area contributed by atoms with Crippen LogP contribution in [0, 0.1) is 6.92 Å². The van der Waals surface area contributed by atoms with Crippen LogP contribution in [0.15, 0.2) is 29.4 Å². The number of hydrogen-bond acceptors (Lipinski definition) is 5. The van der Waals surface area contributed by atoms with Gasteiger partial charge in [0.05, 0.1) is 5.75 Å². The van der Waals surface area contributed by atoms with Crippen LogP contribution in [0.1, 0.15) is 31.7 Å². The highest BCUT2D eigenvalue weighted by atomic mass is 32.2. The second kappa shape index (κ2) is 9.73. The highest BCUT2D eigenvalue weighted by Gasteiger charge is 2.19. The Bertz CT molecular complexity index is 836. The van der Waals surface area contributed by atoms with Gasteiger partial charge in [0.25, 0.3) is 0 Å². The van der Waals surface area contributed by atoms with Crippen molar-refractivity contribution in [2.45, 2.75) is 44.8 Å². The first-order chi connectivity index (χ1) is 13.6. The van der Waals surface area contributed by atoms with Crippen molar-refractivity contribution in [3.05, 3.63) is 29.8 Å². The summed E-state index contributed by atoms with van der Waals surface area (Å²) in [6.45, 7) is 6.99. The Hall–Kier alpha value is -2.35. The number of aromatic nitrogens is 3. The van der Waals surface area contributed by atoms with Crippen molar-refractivity contribution < 1.29 is 9.59 Å². The van der Waals surface area contributed by atoms with Crippen molar-refractivity contribution in [2.24, 2.45) is 0 Å². The summed E-state index contributed by atoms with van der Waals surface area (Å²) in [4.78, 5) is 25.6. The first-order valence-corrected chi connectivity index (χ1v) is 10.7. The van der Waals surface area contributed by atoms with E-state index in [2.05, 4.69) is 35.4 Å². The zero-order chi connectivity index (χ0) is 19.9. The summed E-state index contributed by atoms with van der Waals surface area (Å²) in [6.07, 6.45) is 2.39. The van der Waals surface area contributed by atoms with Gasteiger partial charge in [-0.3, -0.25) is 9.59 Å². The van der Waals surface area contributed by atoms with Crippen molar-refractivity contribution >= 4 is 23.6 Å². The van der Waals surface area contributed by atoms with E-state index in [1.54, 1.807) is 0 Å². The molecular formula is C20H27N5O2S. The van der Waals surface area contributed by atoms with Gasteiger partial charge in [0.1, 0.15) is 0 Å². The molecule has 1 aliphatic heterocycles. The Balaban J connectivity index is 1.48. The minimum atomic E-state index is -0.0270. The molecule has 1 aromatic carbocycles. The number of nitrogens with zero attached hydrogens (tertiary/aromatic N) is 4. The monoisotopic (exact) mass is 401 g/mol. The van der Waals surface area contributed by atoms with Crippen molar-refractivity contribution in [2.75, 3.05) is 25.4 Å². The van der Waals surface area contributed by atoms with Gasteiger partial charge in [-0.05, 0) is 32.3 Å². The molecule has 8 heteroatoms. The predicted molar refractivity (Wildman–Crippen MR) is 110 cm³/mol. The van der Waals surface area contributed by atoms with E-state index in [9.17, 15) is 9.59 Å². The molecule has 28 heavy (non-hydrogen) atoms. The maximum atomic E-state index is 12.1. The van der Waals surface area contributed by atoms with Crippen LogP contribution in [0.4, 0.5) is 0 Å². The molecule has 7 nitrogen and oxygen atoms in total. The maximum Gasteiger partial charge on any atom is 0.230 e. The zero-order valence-corrected chi connectivity index (χ0v) is 17.3. The first-order valence-electron chi connectivity index (χ1n) is 9.76. The fourth-order valence-corrected chi connectivity index (χ4v) is 4.16. The normalized spacial score (nSPS) is 13.9. The standard InChI is InChI=1S/C20H27N5O2S/c1-3-25-19(16-9-5-4-8-15(16)2)22-23-20(25)28-14-17(26)21-11-7-13-24-12-6-10-18(24)27/h4-5,8-9H,3,6-7,10-14H2,1-2H3,(H,21,26). The summed E-state index contributed by atoms with van der Waals surface area (Å²) < 4.78 is 2.04. The van der Waals surface area contributed by atoms with Gasteiger partial charge in [0.2, 0.25) is 11.8 Å². The van der Waals surface area contributed by atoms with E-state index in [1.807, 2.05) is 27.7 Å². The number of aryl methyl sites for hydroxylation is 1. The molecule has 2 aromatic rings. The number of hydrogen-bond donors (Lipinski definition) is 1. The summed E-state index contributed by atoms with van der Waals surface area (Å²) in [5.74, 6) is 1.33. The molecule has 1 saturated heterocycles. The third kappa shape index (κ3) is 4.92. The van der Waals surface area contributed by atoms with Gasteiger partial charge in [-0.2, -0.15) is 0 Å². The summed E-state index contributed by atoms with van der Waals surface area (Å²) in [5.41, 5.74) is 2.21. The Morgan fingerprint density at radius 2 is 2.11 bits per heavy atom. The Labute approximate surface area is 169 Å². The zero-order valence-electron chi connectivity index (χ0n) is 16.5. The van der Waals surface area contributed by atoms with Gasteiger partial charge in [-0.1, -0.05) is 36.0 Å². The topological polar surface area (TPSA) is 80.1 Å². The number of amides is 2. The number of benzene rings is 1. The van der Waals surface area contributed by atoms with Crippen LogP contribution in [0.25, 0.3) is 11.4 Å². The van der Waals surface area contributed by atoms with Crippen LogP contribution < -0.4 is 5.32 Å². The Morgan fingerprint density at radius 1 is 1.29 bits per heavy atom. The minimum absolute atomic E-state index is 0.0270. The first kappa shape index (κ1) is 20.4. The van der Waals surface area contributed by atoms with E-state index in [1.165, 1.54) is 11.8 Å². The molecule has 0 saturated carbocycles. The maximum absolute atomic E-state index is 12.1. The van der Waals surface area contributed by atoms with Crippen LogP contribution in [0.2, 0.25) is 0 Å². The molecule has 0 bridgehead atoms. The van der Waals surface area contributed by atoms with Crippen LogP contribution in [0.5, 0.6) is 0 Å². The minimum Gasteiger partial charge on any atom is -0.355 e. The molecule has 1 fully saturated rings. The van der Waals surface area contributed by atoms with E-state index in [0.717, 1.165) is 54.6 Å². The number of carbonyl (C=O) groups is 2. The average molecular weight is 402 g/mol. The van der Waals surface area contributed by atoms with Crippen LogP contribution in [-0.4, -0.2) is 56.9 Å². The molecule has 2 heterocycles. The molecule has 0 unspecified atom stereocenters. The molecule has 1 aromatic heterocycles. The molecule has 0 aliphatic carbocycles. The van der Waals surface area contributed by atoms with Crippen molar-refractivity contribution in [1.82, 2.24) is 25.0 Å². The lowest BCUT2D eigenvalue weighted by Crippen LogP contribution is -2.31. The largest absolute Gasteiger partial charge is 0.355 e. The van der Waals surface area contributed by atoms with Gasteiger partial charge in [0.15, 0.2) is 11.0 Å². The van der Waals surface area contributed by atoms with Crippen molar-refractivity contribution in [1.29, 1.82) is 0 Å². The molecule has 1 N–H and O–H groups in total. The summed E-state index contributed by atoms with van der Waals surface area (Å²) in [6, 6.07) is 8.09. The highest BCUT2D eigenvalue weighted by molar-refractivity contribution is 7.99. The second-order valence-electron chi connectivity index (χ2n) is 6.84. The van der Waals surface area contributed by atoms with Crippen molar-refractivity contribution in [3.63, 3.8) is 0 Å². The lowest BCUT2D eigenvalue weighted by Gasteiger charge is -2.15. The summed E-state index contributed by atoms with van der Waals surface area (Å²) in [5, 5.41) is 12.3. The SMILES string of the molecule is CCn1c(SCC(=O)NCCCN2CCCC2=O)nnc1-c1ccccc1C. The smallest absolute Gasteiger partial charge is 0.230 e. The predicted octanol–water partition coefficient (Wildman–Crippen LogP) is 2.49. The van der Waals surface area contributed by atoms with E-state index >= 15 is 0 Å². The van der Waals surface area contributed by atoms with Crippen LogP contribution in [0.3, 0.4) is 0 Å². The van der Waals surface area contributed by atoms with E-state index in [-0.39, 0.29) is 11.8 Å². The average Bonchev–Trinajstić information content (AvgIpc) is 3.29. The van der Waals surface area contributed by atoms with Gasteiger partial charge in [-0.15, -0.1) is 10.2 Å². The molecular weight excluding hydrogens is 374 g/mol. The number of thioether (sulfide) groups is 1. The fraction of sp³-hybridized carbons (Fsp3) is 0.500. The van der Waals surface area contributed by atoms with E-state index < -0.39 is 0 Å². The van der Waals surface area contributed by atoms with Gasteiger partial charge in [0, 0.05) is 38.2 Å². The quantitative estimate of drug-likeness (QED) is 0.516. The van der Waals surface area contributed by atoms with Gasteiger partial charge >= 0.3 is 0 Å². The van der Waals surface area contributed by atoms with E-state index in [4.69, 9.17) is 0 Å². The fourth-order valence-electron chi connectivity index (χ4n) is 3.32. The highest BCUT2D eigenvalue weighted by Crippen LogP contribution is 2.26. The number of rotatable bonds is 9. The Morgan fingerprint density at radius 3 is 2.82 bits per heavy atom. The van der Waals surface area contributed by atoms with E-state index in [0.29, 0.717) is 18.7 Å². The summed E-state index contributed by atoms with van der Waals surface area (Å²) >= 11 is 1.40. The van der Waals surface area contributed by atoms with Crippen LogP contribution in [-0.2, 0) is 16.1 Å². The molecule has 0 atom stereocenters. The second-order valence-corrected chi connectivity index (χ2v) is 7.78. The van der Waals surface area contributed by atoms with Gasteiger partial charge < -0.3 is 14.8 Å². The van der Waals surface area contributed by atoms with Gasteiger partial charge in [-0.25, -0.2) is 0 Å². The Kier molecular flexibility index (Phi) is 7.08. The number of nitrogens with one attached hydrogen (secondary N) is 1. The number of carbonyl (C=O) groups excluding carboxylic acids is 2. The third-order valence-electron chi connectivity index (χ3n) is 4.85. The molecule has 0 radical (unpaired) electrons. The molecule has 3 rings (SSSR count). The third-order valence-corrected chi connectivity index (χ3v) is 5.82.